The molecule has 1 aromatic carbocycles. The first-order valence-corrected chi connectivity index (χ1v) is 9.91. The van der Waals surface area contributed by atoms with Gasteiger partial charge in [-0.2, -0.15) is 10.2 Å². The average Bonchev–Trinajstić information content (AvgIpc) is 3.50. The number of hydrogen-bond acceptors (Lipinski definition) is 6. The number of pyridine rings is 1. The zero-order valence-electron chi connectivity index (χ0n) is 16.5. The Morgan fingerprint density at radius 2 is 2.00 bits per heavy atom. The smallest absolute Gasteiger partial charge is 0.180 e. The molecule has 4 aromatic heterocycles. The standard InChI is InChI=1S/C21H20N8O/c1-28-12-14(11-23-28)13-2-3-16-15(10-13)18(27-26-16)21-24-19-17(4-5-22-20(19)25-21)29-6-8-30-9-7-29/h2-5,10-12H,6-9H2,1H3,(H,26,27)(H,22,24,25). The molecule has 0 amide bonds. The maximum Gasteiger partial charge on any atom is 0.180 e. The predicted molar refractivity (Wildman–Crippen MR) is 114 cm³/mol. The zero-order chi connectivity index (χ0) is 20.1. The van der Waals surface area contributed by atoms with Crippen LogP contribution in [0.1, 0.15) is 0 Å². The van der Waals surface area contributed by atoms with Crippen LogP contribution in [0.3, 0.4) is 0 Å². The summed E-state index contributed by atoms with van der Waals surface area (Å²) in [6.07, 6.45) is 5.67. The maximum atomic E-state index is 5.49. The molecule has 6 rings (SSSR count). The number of imidazole rings is 1. The number of anilines is 1. The van der Waals surface area contributed by atoms with Gasteiger partial charge >= 0.3 is 0 Å². The molecule has 5 heterocycles. The molecular formula is C21H20N8O. The predicted octanol–water partition coefficient (Wildman–Crippen LogP) is 2.74. The van der Waals surface area contributed by atoms with Gasteiger partial charge in [0.25, 0.3) is 0 Å². The fourth-order valence-electron chi connectivity index (χ4n) is 4.02. The molecule has 0 bridgehead atoms. The Hall–Kier alpha value is -3.72. The molecule has 1 aliphatic heterocycles. The highest BCUT2D eigenvalue weighted by Gasteiger charge is 2.19. The molecule has 30 heavy (non-hydrogen) atoms. The van der Waals surface area contributed by atoms with Crippen LogP contribution in [-0.4, -0.2) is 61.2 Å². The van der Waals surface area contributed by atoms with E-state index in [1.54, 1.807) is 10.9 Å². The van der Waals surface area contributed by atoms with Crippen LogP contribution in [0.25, 0.3) is 44.7 Å². The summed E-state index contributed by atoms with van der Waals surface area (Å²) < 4.78 is 7.29. The molecule has 9 nitrogen and oxygen atoms in total. The van der Waals surface area contributed by atoms with Crippen LogP contribution in [-0.2, 0) is 11.8 Å². The number of aromatic amines is 2. The number of aromatic nitrogens is 7. The molecule has 0 atom stereocenters. The first-order valence-electron chi connectivity index (χ1n) is 9.91. The lowest BCUT2D eigenvalue weighted by molar-refractivity contribution is 0.123. The van der Waals surface area contributed by atoms with E-state index in [0.717, 1.165) is 65.2 Å². The van der Waals surface area contributed by atoms with Crippen LogP contribution in [0, 0.1) is 0 Å². The van der Waals surface area contributed by atoms with Crippen molar-refractivity contribution in [3.63, 3.8) is 0 Å². The number of morpholine rings is 1. The normalized spacial score (nSPS) is 14.8. The van der Waals surface area contributed by atoms with Gasteiger partial charge in [0.05, 0.1) is 30.6 Å². The van der Waals surface area contributed by atoms with Crippen molar-refractivity contribution < 1.29 is 4.74 Å². The van der Waals surface area contributed by atoms with Crippen LogP contribution in [0.5, 0.6) is 0 Å². The summed E-state index contributed by atoms with van der Waals surface area (Å²) in [7, 11) is 1.92. The van der Waals surface area contributed by atoms with Gasteiger partial charge in [0.1, 0.15) is 11.2 Å². The van der Waals surface area contributed by atoms with Crippen molar-refractivity contribution in [1.82, 2.24) is 34.9 Å². The van der Waals surface area contributed by atoms with E-state index in [2.05, 4.69) is 42.3 Å². The summed E-state index contributed by atoms with van der Waals surface area (Å²) in [5, 5.41) is 12.9. The second-order valence-electron chi connectivity index (χ2n) is 7.45. The summed E-state index contributed by atoms with van der Waals surface area (Å²) >= 11 is 0. The number of aryl methyl sites for hydroxylation is 1. The molecule has 150 valence electrons. The van der Waals surface area contributed by atoms with E-state index < -0.39 is 0 Å². The van der Waals surface area contributed by atoms with Crippen LogP contribution in [0.4, 0.5) is 5.69 Å². The lowest BCUT2D eigenvalue weighted by Crippen LogP contribution is -2.36. The van der Waals surface area contributed by atoms with Crippen molar-refractivity contribution in [1.29, 1.82) is 0 Å². The average molecular weight is 400 g/mol. The Bertz CT molecular complexity index is 1360. The lowest BCUT2D eigenvalue weighted by Gasteiger charge is -2.28. The molecule has 0 radical (unpaired) electrons. The molecule has 0 spiro atoms. The third-order valence-electron chi connectivity index (χ3n) is 5.55. The van der Waals surface area contributed by atoms with Crippen molar-refractivity contribution in [3.05, 3.63) is 42.9 Å². The van der Waals surface area contributed by atoms with E-state index in [0.29, 0.717) is 11.5 Å². The van der Waals surface area contributed by atoms with Crippen molar-refractivity contribution in [2.75, 3.05) is 31.2 Å². The number of nitrogens with zero attached hydrogens (tertiary/aromatic N) is 6. The number of ether oxygens (including phenoxy) is 1. The van der Waals surface area contributed by atoms with Crippen molar-refractivity contribution in [2.24, 2.45) is 7.05 Å². The van der Waals surface area contributed by atoms with Gasteiger partial charge in [-0.15, -0.1) is 0 Å². The number of benzene rings is 1. The first-order chi connectivity index (χ1) is 14.8. The summed E-state index contributed by atoms with van der Waals surface area (Å²) in [6, 6.07) is 8.25. The number of fused-ring (bicyclic) bond motifs is 2. The molecular weight excluding hydrogens is 380 g/mol. The Morgan fingerprint density at radius 3 is 2.83 bits per heavy atom. The Kier molecular flexibility index (Phi) is 3.81. The summed E-state index contributed by atoms with van der Waals surface area (Å²) in [5.74, 6) is 0.702. The maximum absolute atomic E-state index is 5.49. The van der Waals surface area contributed by atoms with E-state index in [1.807, 2.05) is 31.6 Å². The second kappa shape index (κ2) is 6.67. The van der Waals surface area contributed by atoms with E-state index in [9.17, 15) is 0 Å². The largest absolute Gasteiger partial charge is 0.378 e. The van der Waals surface area contributed by atoms with Crippen molar-refractivity contribution in [2.45, 2.75) is 0 Å². The first kappa shape index (κ1) is 17.2. The number of H-pyrrole nitrogens is 2. The third-order valence-corrected chi connectivity index (χ3v) is 5.55. The van der Waals surface area contributed by atoms with E-state index in [1.165, 1.54) is 0 Å². The van der Waals surface area contributed by atoms with Crippen LogP contribution < -0.4 is 4.90 Å². The molecule has 0 saturated carbocycles. The molecule has 5 aromatic rings. The minimum absolute atomic E-state index is 0.688. The van der Waals surface area contributed by atoms with Gasteiger partial charge in [0.15, 0.2) is 11.5 Å². The highest BCUT2D eigenvalue weighted by molar-refractivity contribution is 5.96. The van der Waals surface area contributed by atoms with Gasteiger partial charge in [-0.05, 0) is 23.8 Å². The van der Waals surface area contributed by atoms with Crippen LogP contribution >= 0.6 is 0 Å². The molecule has 1 saturated heterocycles. The monoisotopic (exact) mass is 400 g/mol. The van der Waals surface area contributed by atoms with Crippen molar-refractivity contribution in [3.8, 4) is 22.6 Å². The molecule has 2 N–H and O–H groups in total. The van der Waals surface area contributed by atoms with Gasteiger partial charge in [-0.3, -0.25) is 9.78 Å². The molecule has 1 fully saturated rings. The molecule has 0 aliphatic carbocycles. The zero-order valence-corrected chi connectivity index (χ0v) is 16.5. The topological polar surface area (TPSA) is 101 Å². The minimum atomic E-state index is 0.688. The van der Waals surface area contributed by atoms with Gasteiger partial charge in [0, 0.05) is 43.5 Å². The lowest BCUT2D eigenvalue weighted by atomic mass is 10.1. The van der Waals surface area contributed by atoms with Crippen molar-refractivity contribution >= 4 is 27.8 Å². The summed E-state index contributed by atoms with van der Waals surface area (Å²) in [6.45, 7) is 3.17. The quantitative estimate of drug-likeness (QED) is 0.483. The molecule has 0 unspecified atom stereocenters. The van der Waals surface area contributed by atoms with Gasteiger partial charge < -0.3 is 14.6 Å². The highest BCUT2D eigenvalue weighted by atomic mass is 16.5. The minimum Gasteiger partial charge on any atom is -0.378 e. The fraction of sp³-hybridized carbons (Fsp3) is 0.238. The molecule has 9 heteroatoms. The second-order valence-corrected chi connectivity index (χ2v) is 7.45. The van der Waals surface area contributed by atoms with Gasteiger partial charge in [-0.25, -0.2) is 9.97 Å². The number of hydrogen-bond donors (Lipinski definition) is 2. The Labute approximate surface area is 171 Å². The highest BCUT2D eigenvalue weighted by Crippen LogP contribution is 2.32. The van der Waals surface area contributed by atoms with E-state index in [-0.39, 0.29) is 0 Å². The van der Waals surface area contributed by atoms with Crippen LogP contribution in [0.2, 0.25) is 0 Å². The van der Waals surface area contributed by atoms with Crippen LogP contribution in [0.15, 0.2) is 42.9 Å². The Balaban J connectivity index is 1.47. The number of nitrogens with one attached hydrogen (secondary N) is 2. The summed E-state index contributed by atoms with van der Waals surface area (Å²) in [4.78, 5) is 15.0. The third kappa shape index (κ3) is 2.74. The number of rotatable bonds is 3. The van der Waals surface area contributed by atoms with Gasteiger partial charge in [0.2, 0.25) is 0 Å². The fourth-order valence-corrected chi connectivity index (χ4v) is 4.02. The summed E-state index contributed by atoms with van der Waals surface area (Å²) in [5.41, 5.74) is 6.59. The SMILES string of the molecule is Cn1cc(-c2ccc3[nH]nc(-c4nc5nccc(N6CCOCC6)c5[nH]4)c3c2)cn1. The van der Waals surface area contributed by atoms with E-state index >= 15 is 0 Å². The van der Waals surface area contributed by atoms with E-state index in [4.69, 9.17) is 9.72 Å². The van der Waals surface area contributed by atoms with Gasteiger partial charge in [-0.1, -0.05) is 6.07 Å². The Morgan fingerprint density at radius 1 is 1.10 bits per heavy atom. The molecule has 1 aliphatic rings.